The van der Waals surface area contributed by atoms with E-state index in [4.69, 9.17) is 5.73 Å². The highest BCUT2D eigenvalue weighted by atomic mass is 16.2. The van der Waals surface area contributed by atoms with E-state index >= 15 is 0 Å². The minimum Gasteiger partial charge on any atom is -0.342 e. The number of benzene rings is 1. The minimum absolute atomic E-state index is 0.0625. The summed E-state index contributed by atoms with van der Waals surface area (Å²) in [7, 11) is 0. The molecular weight excluding hydrogens is 314 g/mol. The minimum atomic E-state index is -0.0625. The second-order valence-corrected chi connectivity index (χ2v) is 7.52. The summed E-state index contributed by atoms with van der Waals surface area (Å²) in [6.45, 7) is 4.83. The van der Waals surface area contributed by atoms with Crippen LogP contribution in [0.25, 0.3) is 0 Å². The van der Waals surface area contributed by atoms with Crippen molar-refractivity contribution in [1.29, 1.82) is 0 Å². The fourth-order valence-corrected chi connectivity index (χ4v) is 4.14. The molecule has 0 spiro atoms. The Kier molecular flexibility index (Phi) is 5.74. The summed E-state index contributed by atoms with van der Waals surface area (Å²) in [6, 6.07) is 10.1. The van der Waals surface area contributed by atoms with Gasteiger partial charge in [-0.1, -0.05) is 30.3 Å². The average Bonchev–Trinajstić information content (AvgIpc) is 3.03. The van der Waals surface area contributed by atoms with Crippen molar-refractivity contribution in [3.8, 4) is 0 Å². The van der Waals surface area contributed by atoms with E-state index in [0.717, 1.165) is 37.9 Å². The maximum atomic E-state index is 12.9. The predicted octanol–water partition coefficient (Wildman–Crippen LogP) is 1.66. The second kappa shape index (κ2) is 8.00. The molecule has 3 atom stereocenters. The average molecular weight is 343 g/mol. The summed E-state index contributed by atoms with van der Waals surface area (Å²) in [5, 5.41) is 0. The van der Waals surface area contributed by atoms with Gasteiger partial charge in [0.15, 0.2) is 0 Å². The van der Waals surface area contributed by atoms with Crippen LogP contribution in [0, 0.1) is 11.8 Å². The first-order valence-electron chi connectivity index (χ1n) is 9.40. The largest absolute Gasteiger partial charge is 0.342 e. The van der Waals surface area contributed by atoms with E-state index in [1.54, 1.807) is 0 Å². The molecule has 0 aliphatic carbocycles. The SMILES string of the molecule is CC1CC(CN)CN1C(=O)C1CCCN(C(=O)Cc2ccccc2)C1. The van der Waals surface area contributed by atoms with Gasteiger partial charge in [0.05, 0.1) is 12.3 Å². The third-order valence-electron chi connectivity index (χ3n) is 5.60. The molecule has 0 aromatic heterocycles. The molecule has 1 aromatic rings. The number of likely N-dealkylation sites (tertiary alicyclic amines) is 2. The van der Waals surface area contributed by atoms with Crippen LogP contribution in [0.1, 0.15) is 31.7 Å². The van der Waals surface area contributed by atoms with Crippen molar-refractivity contribution < 1.29 is 9.59 Å². The third kappa shape index (κ3) is 4.21. The molecule has 3 unspecified atom stereocenters. The Morgan fingerprint density at radius 1 is 1.20 bits per heavy atom. The molecule has 2 aliphatic heterocycles. The molecule has 0 radical (unpaired) electrons. The number of nitrogens with two attached hydrogens (primary N) is 1. The van der Waals surface area contributed by atoms with Crippen LogP contribution in [0.5, 0.6) is 0 Å². The number of amides is 2. The topological polar surface area (TPSA) is 66.6 Å². The Morgan fingerprint density at radius 2 is 1.96 bits per heavy atom. The van der Waals surface area contributed by atoms with Gasteiger partial charge in [0.1, 0.15) is 0 Å². The summed E-state index contributed by atoms with van der Waals surface area (Å²) in [5.74, 6) is 0.685. The van der Waals surface area contributed by atoms with Gasteiger partial charge >= 0.3 is 0 Å². The summed E-state index contributed by atoms with van der Waals surface area (Å²) < 4.78 is 0. The lowest BCUT2D eigenvalue weighted by Crippen LogP contribution is -2.48. The zero-order valence-electron chi connectivity index (χ0n) is 15.1. The number of nitrogens with zero attached hydrogens (tertiary/aromatic N) is 2. The van der Waals surface area contributed by atoms with E-state index in [1.165, 1.54) is 0 Å². The lowest BCUT2D eigenvalue weighted by molar-refractivity contribution is -0.141. The van der Waals surface area contributed by atoms with Crippen LogP contribution in [0.2, 0.25) is 0 Å². The first-order valence-corrected chi connectivity index (χ1v) is 9.40. The molecule has 2 saturated heterocycles. The number of piperidine rings is 1. The lowest BCUT2D eigenvalue weighted by atomic mass is 9.95. The smallest absolute Gasteiger partial charge is 0.227 e. The van der Waals surface area contributed by atoms with Gasteiger partial charge in [-0.25, -0.2) is 0 Å². The Labute approximate surface area is 150 Å². The monoisotopic (exact) mass is 343 g/mol. The highest BCUT2D eigenvalue weighted by Gasteiger charge is 2.37. The Balaban J connectivity index is 1.59. The van der Waals surface area contributed by atoms with E-state index in [9.17, 15) is 9.59 Å². The van der Waals surface area contributed by atoms with Gasteiger partial charge in [0.25, 0.3) is 0 Å². The zero-order valence-corrected chi connectivity index (χ0v) is 15.1. The normalized spacial score (nSPS) is 26.7. The quantitative estimate of drug-likeness (QED) is 0.904. The highest BCUT2D eigenvalue weighted by Crippen LogP contribution is 2.27. The van der Waals surface area contributed by atoms with Crippen LogP contribution >= 0.6 is 0 Å². The van der Waals surface area contributed by atoms with Gasteiger partial charge in [-0.3, -0.25) is 9.59 Å². The van der Waals surface area contributed by atoms with Crippen LogP contribution < -0.4 is 5.73 Å². The van der Waals surface area contributed by atoms with Gasteiger partial charge in [-0.15, -0.1) is 0 Å². The molecule has 2 N–H and O–H groups in total. The number of hydrogen-bond donors (Lipinski definition) is 1. The van der Waals surface area contributed by atoms with Crippen molar-refractivity contribution in [2.45, 2.75) is 38.6 Å². The molecular formula is C20H29N3O2. The van der Waals surface area contributed by atoms with Gasteiger partial charge < -0.3 is 15.5 Å². The van der Waals surface area contributed by atoms with E-state index in [1.807, 2.05) is 40.1 Å². The van der Waals surface area contributed by atoms with Gasteiger partial charge in [0, 0.05) is 25.7 Å². The molecule has 5 nitrogen and oxygen atoms in total. The first kappa shape index (κ1) is 17.9. The number of carbonyl (C=O) groups excluding carboxylic acids is 2. The van der Waals surface area contributed by atoms with Crippen molar-refractivity contribution in [3.63, 3.8) is 0 Å². The number of carbonyl (C=O) groups is 2. The lowest BCUT2D eigenvalue weighted by Gasteiger charge is -2.35. The van der Waals surface area contributed by atoms with Crippen molar-refractivity contribution >= 4 is 11.8 Å². The standard InChI is InChI=1S/C20H29N3O2/c1-15-10-17(12-21)13-23(15)20(25)18-8-5-9-22(14-18)19(24)11-16-6-3-2-4-7-16/h2-4,6-7,15,17-18H,5,8-14,21H2,1H3. The molecule has 0 saturated carbocycles. The van der Waals surface area contributed by atoms with Crippen LogP contribution in [0.3, 0.4) is 0 Å². The Hall–Kier alpha value is -1.88. The van der Waals surface area contributed by atoms with E-state index in [-0.39, 0.29) is 23.8 Å². The van der Waals surface area contributed by atoms with Crippen molar-refractivity contribution in [2.75, 3.05) is 26.2 Å². The van der Waals surface area contributed by atoms with Gasteiger partial charge in [-0.2, -0.15) is 0 Å². The summed E-state index contributed by atoms with van der Waals surface area (Å²) in [4.78, 5) is 29.4. The molecule has 2 aliphatic rings. The molecule has 5 heteroatoms. The van der Waals surface area contributed by atoms with E-state index in [2.05, 4.69) is 6.92 Å². The van der Waals surface area contributed by atoms with Crippen LogP contribution in [-0.2, 0) is 16.0 Å². The highest BCUT2D eigenvalue weighted by molar-refractivity contribution is 5.82. The fourth-order valence-electron chi connectivity index (χ4n) is 4.14. The maximum Gasteiger partial charge on any atom is 0.227 e. The molecule has 1 aromatic carbocycles. The molecule has 2 heterocycles. The third-order valence-corrected chi connectivity index (χ3v) is 5.60. The predicted molar refractivity (Wildman–Crippen MR) is 97.8 cm³/mol. The molecule has 0 bridgehead atoms. The molecule has 3 rings (SSSR count). The van der Waals surface area contributed by atoms with E-state index < -0.39 is 0 Å². The Bertz CT molecular complexity index is 604. The number of rotatable bonds is 4. The van der Waals surface area contributed by atoms with Crippen molar-refractivity contribution in [2.24, 2.45) is 17.6 Å². The van der Waals surface area contributed by atoms with Gasteiger partial charge in [-0.05, 0) is 44.2 Å². The van der Waals surface area contributed by atoms with Gasteiger partial charge in [0.2, 0.25) is 11.8 Å². The van der Waals surface area contributed by atoms with Crippen LogP contribution in [0.4, 0.5) is 0 Å². The number of hydrogen-bond acceptors (Lipinski definition) is 3. The summed E-state index contributed by atoms with van der Waals surface area (Å²) >= 11 is 0. The van der Waals surface area contributed by atoms with E-state index in [0.29, 0.717) is 25.4 Å². The molecule has 2 fully saturated rings. The zero-order chi connectivity index (χ0) is 17.8. The molecule has 2 amide bonds. The fraction of sp³-hybridized carbons (Fsp3) is 0.600. The first-order chi connectivity index (χ1) is 12.1. The molecule has 25 heavy (non-hydrogen) atoms. The molecule has 136 valence electrons. The summed E-state index contributed by atoms with van der Waals surface area (Å²) in [6.07, 6.45) is 3.19. The van der Waals surface area contributed by atoms with Crippen LogP contribution in [0.15, 0.2) is 30.3 Å². The Morgan fingerprint density at radius 3 is 2.64 bits per heavy atom. The van der Waals surface area contributed by atoms with Crippen LogP contribution in [-0.4, -0.2) is 53.8 Å². The second-order valence-electron chi connectivity index (χ2n) is 7.52. The maximum absolute atomic E-state index is 12.9. The van der Waals surface area contributed by atoms with Crippen molar-refractivity contribution in [1.82, 2.24) is 9.80 Å². The summed E-state index contributed by atoms with van der Waals surface area (Å²) in [5.41, 5.74) is 6.81. The van der Waals surface area contributed by atoms with Crippen molar-refractivity contribution in [3.05, 3.63) is 35.9 Å².